The highest BCUT2D eigenvalue weighted by molar-refractivity contribution is 8.00. The van der Waals surface area contributed by atoms with Crippen molar-refractivity contribution in [3.8, 4) is 0 Å². The zero-order valence-corrected chi connectivity index (χ0v) is 20.7. The number of nitrogens with zero attached hydrogens (tertiary/aromatic N) is 2. The molecule has 1 N–H and O–H groups in total. The van der Waals surface area contributed by atoms with Crippen LogP contribution in [0.5, 0.6) is 0 Å². The standard InChI is InChI=1S/C23H26ClN3O4S2/c1-16-13-23(29)27(15-22(28)25-18-7-5-17(24)6-8-18)20-14-19(9-10-21(20)32-16)33(30,31)26-11-3-2-4-12-26/h5-10,14,16H,2-4,11-13,15H2,1H3,(H,25,28). The van der Waals surface area contributed by atoms with Crippen molar-refractivity contribution in [3.63, 3.8) is 0 Å². The van der Waals surface area contributed by atoms with E-state index in [2.05, 4.69) is 5.32 Å². The van der Waals surface area contributed by atoms with E-state index in [-0.39, 0.29) is 34.9 Å². The normalized spacial score (nSPS) is 19.6. The number of anilines is 2. The van der Waals surface area contributed by atoms with Crippen LogP contribution in [0.3, 0.4) is 0 Å². The van der Waals surface area contributed by atoms with Gasteiger partial charge in [0.15, 0.2) is 0 Å². The number of rotatable bonds is 5. The average Bonchev–Trinajstić information content (AvgIpc) is 2.90. The van der Waals surface area contributed by atoms with E-state index >= 15 is 0 Å². The molecule has 4 rings (SSSR count). The van der Waals surface area contributed by atoms with Gasteiger partial charge in [-0.2, -0.15) is 4.31 Å². The van der Waals surface area contributed by atoms with Crippen LogP contribution in [-0.2, 0) is 19.6 Å². The van der Waals surface area contributed by atoms with Crippen molar-refractivity contribution in [2.24, 2.45) is 0 Å². The van der Waals surface area contributed by atoms with Crippen LogP contribution in [0.25, 0.3) is 0 Å². The first kappa shape index (κ1) is 24.1. The number of amides is 2. The molecule has 0 aromatic heterocycles. The van der Waals surface area contributed by atoms with Crippen molar-refractivity contribution in [2.45, 2.75) is 47.6 Å². The lowest BCUT2D eigenvalue weighted by molar-refractivity contribution is -0.121. The van der Waals surface area contributed by atoms with Gasteiger partial charge < -0.3 is 10.2 Å². The van der Waals surface area contributed by atoms with Crippen molar-refractivity contribution in [3.05, 3.63) is 47.5 Å². The smallest absolute Gasteiger partial charge is 0.244 e. The summed E-state index contributed by atoms with van der Waals surface area (Å²) in [7, 11) is -3.67. The monoisotopic (exact) mass is 507 g/mol. The van der Waals surface area contributed by atoms with Gasteiger partial charge in [-0.05, 0) is 55.3 Å². The van der Waals surface area contributed by atoms with E-state index in [1.807, 2.05) is 6.92 Å². The number of sulfonamides is 1. The fourth-order valence-corrected chi connectivity index (χ4v) is 6.78. The van der Waals surface area contributed by atoms with Crippen LogP contribution in [0, 0.1) is 0 Å². The second-order valence-corrected chi connectivity index (χ2v) is 12.1. The van der Waals surface area contributed by atoms with Gasteiger partial charge in [-0.3, -0.25) is 9.59 Å². The number of piperidine rings is 1. The van der Waals surface area contributed by atoms with Crippen LogP contribution < -0.4 is 10.2 Å². The molecular formula is C23H26ClN3O4S2. The summed E-state index contributed by atoms with van der Waals surface area (Å²) >= 11 is 7.41. The SMILES string of the molecule is CC1CC(=O)N(CC(=O)Nc2ccc(Cl)cc2)c2cc(S(=O)(=O)N3CCCCC3)ccc2S1. The van der Waals surface area contributed by atoms with Gasteiger partial charge in [0.2, 0.25) is 21.8 Å². The zero-order valence-electron chi connectivity index (χ0n) is 18.3. The van der Waals surface area contributed by atoms with E-state index in [1.165, 1.54) is 27.0 Å². The second-order valence-electron chi connectivity index (χ2n) is 8.26. The van der Waals surface area contributed by atoms with Crippen molar-refractivity contribution >= 4 is 56.6 Å². The zero-order chi connectivity index (χ0) is 23.6. The van der Waals surface area contributed by atoms with Crippen LogP contribution in [0.4, 0.5) is 11.4 Å². The first-order valence-corrected chi connectivity index (χ1v) is 13.6. The maximum absolute atomic E-state index is 13.2. The lowest BCUT2D eigenvalue weighted by atomic mass is 10.2. The Labute approximate surface area is 203 Å². The molecule has 2 amide bonds. The molecule has 0 aliphatic carbocycles. The predicted molar refractivity (Wildman–Crippen MR) is 131 cm³/mol. The Balaban J connectivity index is 1.64. The molecule has 1 saturated heterocycles. The van der Waals surface area contributed by atoms with Crippen LogP contribution in [-0.4, -0.2) is 49.4 Å². The molecule has 0 radical (unpaired) electrons. The fourth-order valence-electron chi connectivity index (χ4n) is 4.02. The lowest BCUT2D eigenvalue weighted by Gasteiger charge is -2.27. The van der Waals surface area contributed by atoms with Gasteiger partial charge >= 0.3 is 0 Å². The second kappa shape index (κ2) is 10.0. The van der Waals surface area contributed by atoms with Crippen LogP contribution >= 0.6 is 23.4 Å². The average molecular weight is 508 g/mol. The first-order valence-electron chi connectivity index (χ1n) is 10.9. The summed E-state index contributed by atoms with van der Waals surface area (Å²) in [5, 5.41) is 3.33. The van der Waals surface area contributed by atoms with Crippen molar-refractivity contribution in [1.82, 2.24) is 4.31 Å². The molecule has 0 saturated carbocycles. The summed E-state index contributed by atoms with van der Waals surface area (Å²) < 4.78 is 28.0. The van der Waals surface area contributed by atoms with Crippen molar-refractivity contribution in [2.75, 3.05) is 29.9 Å². The van der Waals surface area contributed by atoms with E-state index < -0.39 is 10.0 Å². The summed E-state index contributed by atoms with van der Waals surface area (Å²) in [6.45, 7) is 2.73. The quantitative estimate of drug-likeness (QED) is 0.649. The van der Waals surface area contributed by atoms with Gasteiger partial charge in [0.05, 0.1) is 10.6 Å². The van der Waals surface area contributed by atoms with Crippen molar-refractivity contribution in [1.29, 1.82) is 0 Å². The summed E-state index contributed by atoms with van der Waals surface area (Å²) in [5.74, 6) is -0.590. The molecule has 0 bridgehead atoms. The maximum atomic E-state index is 13.2. The van der Waals surface area contributed by atoms with Crippen LogP contribution in [0.15, 0.2) is 52.3 Å². The number of benzene rings is 2. The molecule has 1 fully saturated rings. The van der Waals surface area contributed by atoms with Crippen LogP contribution in [0.1, 0.15) is 32.6 Å². The number of halogens is 1. The van der Waals surface area contributed by atoms with Gasteiger partial charge in [0.1, 0.15) is 6.54 Å². The Morgan fingerprint density at radius 3 is 2.52 bits per heavy atom. The molecule has 1 unspecified atom stereocenters. The number of carbonyl (C=O) groups is 2. The number of fused-ring (bicyclic) bond motifs is 1. The van der Waals surface area contributed by atoms with E-state index in [0.717, 1.165) is 24.2 Å². The highest BCUT2D eigenvalue weighted by atomic mass is 35.5. The molecule has 7 nitrogen and oxygen atoms in total. The summed E-state index contributed by atoms with van der Waals surface area (Å²) in [6.07, 6.45) is 2.96. The highest BCUT2D eigenvalue weighted by Gasteiger charge is 2.31. The summed E-state index contributed by atoms with van der Waals surface area (Å²) in [6, 6.07) is 11.6. The molecule has 33 heavy (non-hydrogen) atoms. The lowest BCUT2D eigenvalue weighted by Crippen LogP contribution is -2.39. The Hall–Kier alpha value is -2.07. The third kappa shape index (κ3) is 5.54. The Bertz CT molecular complexity index is 1150. The largest absolute Gasteiger partial charge is 0.325 e. The molecule has 2 aromatic rings. The molecule has 176 valence electrons. The number of hydrogen-bond donors (Lipinski definition) is 1. The molecule has 2 heterocycles. The number of hydrogen-bond acceptors (Lipinski definition) is 5. The fraction of sp³-hybridized carbons (Fsp3) is 0.391. The van der Waals surface area contributed by atoms with E-state index in [9.17, 15) is 18.0 Å². The number of thioether (sulfide) groups is 1. The minimum Gasteiger partial charge on any atom is -0.325 e. The first-order chi connectivity index (χ1) is 15.7. The Morgan fingerprint density at radius 2 is 1.82 bits per heavy atom. The Kier molecular flexibility index (Phi) is 7.33. The van der Waals surface area contributed by atoms with Gasteiger partial charge in [-0.1, -0.05) is 24.9 Å². The third-order valence-electron chi connectivity index (χ3n) is 5.69. The number of carbonyl (C=O) groups excluding carboxylic acids is 2. The Morgan fingerprint density at radius 1 is 1.12 bits per heavy atom. The summed E-state index contributed by atoms with van der Waals surface area (Å²) in [4.78, 5) is 28.1. The van der Waals surface area contributed by atoms with Gasteiger partial charge in [-0.25, -0.2) is 8.42 Å². The van der Waals surface area contributed by atoms with Crippen molar-refractivity contribution < 1.29 is 18.0 Å². The molecule has 2 aliphatic heterocycles. The number of nitrogens with one attached hydrogen (secondary N) is 1. The molecule has 1 atom stereocenters. The van der Waals surface area contributed by atoms with E-state index in [4.69, 9.17) is 11.6 Å². The van der Waals surface area contributed by atoms with Crippen LogP contribution in [0.2, 0.25) is 5.02 Å². The highest BCUT2D eigenvalue weighted by Crippen LogP contribution is 2.39. The van der Waals surface area contributed by atoms with Gasteiger partial charge in [0, 0.05) is 40.4 Å². The van der Waals surface area contributed by atoms with Gasteiger partial charge in [-0.15, -0.1) is 11.8 Å². The predicted octanol–water partition coefficient (Wildman–Crippen LogP) is 4.37. The maximum Gasteiger partial charge on any atom is 0.244 e. The van der Waals surface area contributed by atoms with E-state index in [0.29, 0.717) is 29.5 Å². The minimum absolute atomic E-state index is 0.00475. The third-order valence-corrected chi connectivity index (χ3v) is 9.01. The molecular weight excluding hydrogens is 482 g/mol. The minimum atomic E-state index is -3.67. The molecule has 0 spiro atoms. The molecule has 2 aliphatic rings. The molecule has 2 aromatic carbocycles. The summed E-state index contributed by atoms with van der Waals surface area (Å²) in [5.41, 5.74) is 1.02. The topological polar surface area (TPSA) is 86.8 Å². The molecule has 10 heteroatoms. The van der Waals surface area contributed by atoms with E-state index in [1.54, 1.807) is 36.4 Å². The van der Waals surface area contributed by atoms with Gasteiger partial charge in [0.25, 0.3) is 0 Å².